The van der Waals surface area contributed by atoms with Gasteiger partial charge in [-0.2, -0.15) is 13.2 Å². The summed E-state index contributed by atoms with van der Waals surface area (Å²) in [4.78, 5) is 0. The molecule has 0 rings (SSSR count). The number of hydrogen-bond acceptors (Lipinski definition) is 0. The Bertz CT molecular complexity index is 139. The molecule has 0 heterocycles. The van der Waals surface area contributed by atoms with E-state index in [9.17, 15) is 22.0 Å². The summed E-state index contributed by atoms with van der Waals surface area (Å²) in [5, 5.41) is 0. The molecular weight excluding hydrogens is 179 g/mol. The number of alkyl halides is 5. The van der Waals surface area contributed by atoms with E-state index in [1.165, 1.54) is 6.08 Å². The van der Waals surface area contributed by atoms with Crippen LogP contribution in [0.25, 0.3) is 0 Å². The topological polar surface area (TPSA) is 0 Å². The lowest BCUT2D eigenvalue weighted by Crippen LogP contribution is -2.33. The number of halogens is 5. The van der Waals surface area contributed by atoms with Crippen molar-refractivity contribution in [2.75, 3.05) is 0 Å². The summed E-state index contributed by atoms with van der Waals surface area (Å²) < 4.78 is 58.9. The second-order valence-corrected chi connectivity index (χ2v) is 2.33. The van der Waals surface area contributed by atoms with Crippen LogP contribution in [-0.4, -0.2) is 18.5 Å². The van der Waals surface area contributed by atoms with E-state index in [1.54, 1.807) is 0 Å². The highest BCUT2D eigenvalue weighted by atomic mass is 19.4. The van der Waals surface area contributed by atoms with Crippen LogP contribution in [0.5, 0.6) is 0 Å². The van der Waals surface area contributed by atoms with E-state index < -0.39 is 24.9 Å². The monoisotopic (exact) mass is 188 g/mol. The Morgan fingerprint density at radius 2 is 1.75 bits per heavy atom. The highest BCUT2D eigenvalue weighted by molar-refractivity contribution is 4.78. The smallest absolute Gasteiger partial charge is 0.244 e. The number of hydrogen-bond donors (Lipinski definition) is 0. The Balaban J connectivity index is 3.92. The summed E-state index contributed by atoms with van der Waals surface area (Å²) in [6.45, 7) is 3.18. The summed E-state index contributed by atoms with van der Waals surface area (Å²) in [6, 6.07) is 0. The van der Waals surface area contributed by atoms with E-state index in [0.717, 1.165) is 0 Å². The predicted octanol–water partition coefficient (Wildman–Crippen LogP) is 3.19. The van der Waals surface area contributed by atoms with Gasteiger partial charge in [0.2, 0.25) is 6.17 Å². The van der Waals surface area contributed by atoms with Crippen molar-refractivity contribution in [1.82, 2.24) is 0 Å². The summed E-state index contributed by atoms with van der Waals surface area (Å²) in [7, 11) is 0. The molecule has 0 nitrogen and oxygen atoms in total. The summed E-state index contributed by atoms with van der Waals surface area (Å²) in [6.07, 6.45) is -10.2. The van der Waals surface area contributed by atoms with Crippen LogP contribution in [0.15, 0.2) is 12.7 Å². The van der Waals surface area contributed by atoms with Crippen molar-refractivity contribution in [1.29, 1.82) is 0 Å². The quantitative estimate of drug-likeness (QED) is 0.469. The first kappa shape index (κ1) is 11.4. The SMILES string of the molecule is C=CCCC(F)C(F)C(F)(F)F. The molecule has 0 fully saturated rings. The van der Waals surface area contributed by atoms with Crippen molar-refractivity contribution >= 4 is 0 Å². The maximum atomic E-state index is 12.3. The van der Waals surface area contributed by atoms with E-state index in [0.29, 0.717) is 0 Å². The molecule has 2 unspecified atom stereocenters. The third kappa shape index (κ3) is 3.69. The minimum Gasteiger partial charge on any atom is -0.244 e. The minimum atomic E-state index is -5.10. The summed E-state index contributed by atoms with van der Waals surface area (Å²) in [5.74, 6) is 0. The lowest BCUT2D eigenvalue weighted by atomic mass is 10.1. The molecule has 0 aliphatic rings. The van der Waals surface area contributed by atoms with Crippen LogP contribution in [0.1, 0.15) is 12.8 Å². The van der Waals surface area contributed by atoms with Gasteiger partial charge < -0.3 is 0 Å². The van der Waals surface area contributed by atoms with Crippen molar-refractivity contribution < 1.29 is 22.0 Å². The summed E-state index contributed by atoms with van der Waals surface area (Å²) in [5.41, 5.74) is 0. The minimum absolute atomic E-state index is 0.0394. The molecule has 0 amide bonds. The molecule has 12 heavy (non-hydrogen) atoms. The fourth-order valence-corrected chi connectivity index (χ4v) is 0.628. The van der Waals surface area contributed by atoms with Crippen molar-refractivity contribution in [3.8, 4) is 0 Å². The Kier molecular flexibility index (Phi) is 4.20. The third-order valence-electron chi connectivity index (χ3n) is 1.28. The van der Waals surface area contributed by atoms with Gasteiger partial charge in [0.1, 0.15) is 6.17 Å². The van der Waals surface area contributed by atoms with E-state index in [-0.39, 0.29) is 6.42 Å². The van der Waals surface area contributed by atoms with Crippen LogP contribution in [0, 0.1) is 0 Å². The van der Waals surface area contributed by atoms with Crippen molar-refractivity contribution in [3.05, 3.63) is 12.7 Å². The van der Waals surface area contributed by atoms with E-state index in [4.69, 9.17) is 0 Å². The van der Waals surface area contributed by atoms with Gasteiger partial charge in [0.05, 0.1) is 0 Å². The first-order valence-electron chi connectivity index (χ1n) is 3.35. The molecule has 0 saturated heterocycles. The third-order valence-corrected chi connectivity index (χ3v) is 1.28. The van der Waals surface area contributed by atoms with E-state index in [1.807, 2.05) is 0 Å². The van der Waals surface area contributed by atoms with Gasteiger partial charge in [0.25, 0.3) is 0 Å². The number of rotatable bonds is 4. The largest absolute Gasteiger partial charge is 0.422 e. The van der Waals surface area contributed by atoms with Gasteiger partial charge in [-0.25, -0.2) is 8.78 Å². The molecule has 0 radical (unpaired) electrons. The zero-order valence-corrected chi connectivity index (χ0v) is 6.24. The standard InChI is InChI=1S/C7H9F5/c1-2-3-4-5(8)6(9)7(10,11)12/h2,5-6H,1,3-4H2. The van der Waals surface area contributed by atoms with Gasteiger partial charge in [0.15, 0.2) is 0 Å². The first-order chi connectivity index (χ1) is 5.39. The highest BCUT2D eigenvalue weighted by Gasteiger charge is 2.45. The van der Waals surface area contributed by atoms with Gasteiger partial charge in [-0.15, -0.1) is 6.58 Å². The molecule has 5 heteroatoms. The second-order valence-electron chi connectivity index (χ2n) is 2.33. The van der Waals surface area contributed by atoms with Crippen LogP contribution >= 0.6 is 0 Å². The lowest BCUT2D eigenvalue weighted by Gasteiger charge is -2.15. The van der Waals surface area contributed by atoms with Crippen molar-refractivity contribution in [3.63, 3.8) is 0 Å². The van der Waals surface area contributed by atoms with Crippen LogP contribution < -0.4 is 0 Å². The van der Waals surface area contributed by atoms with Crippen molar-refractivity contribution in [2.24, 2.45) is 0 Å². The highest BCUT2D eigenvalue weighted by Crippen LogP contribution is 2.28. The molecule has 0 spiro atoms. The van der Waals surface area contributed by atoms with Gasteiger partial charge in [-0.1, -0.05) is 6.08 Å². The zero-order chi connectivity index (χ0) is 9.78. The Morgan fingerprint density at radius 1 is 1.25 bits per heavy atom. The molecule has 0 N–H and O–H groups in total. The van der Waals surface area contributed by atoms with Crippen LogP contribution in [0.2, 0.25) is 0 Å². The first-order valence-corrected chi connectivity index (χ1v) is 3.35. The maximum absolute atomic E-state index is 12.3. The molecule has 0 aliphatic carbocycles. The van der Waals surface area contributed by atoms with Gasteiger partial charge in [-0.3, -0.25) is 0 Å². The summed E-state index contributed by atoms with van der Waals surface area (Å²) >= 11 is 0. The number of allylic oxidation sites excluding steroid dienone is 1. The van der Waals surface area contributed by atoms with Gasteiger partial charge in [-0.05, 0) is 12.8 Å². The van der Waals surface area contributed by atoms with Gasteiger partial charge in [0, 0.05) is 0 Å². The molecule has 0 aliphatic heterocycles. The Labute approximate surface area is 67.1 Å². The van der Waals surface area contributed by atoms with Crippen LogP contribution in [-0.2, 0) is 0 Å². The van der Waals surface area contributed by atoms with E-state index >= 15 is 0 Å². The average molecular weight is 188 g/mol. The second kappa shape index (κ2) is 4.42. The lowest BCUT2D eigenvalue weighted by molar-refractivity contribution is -0.196. The van der Waals surface area contributed by atoms with Crippen LogP contribution in [0.3, 0.4) is 0 Å². The molecule has 2 atom stereocenters. The van der Waals surface area contributed by atoms with E-state index in [2.05, 4.69) is 6.58 Å². The maximum Gasteiger partial charge on any atom is 0.422 e. The van der Waals surface area contributed by atoms with Crippen LogP contribution in [0.4, 0.5) is 22.0 Å². The van der Waals surface area contributed by atoms with Crippen molar-refractivity contribution in [2.45, 2.75) is 31.4 Å². The normalized spacial score (nSPS) is 17.1. The predicted molar refractivity (Wildman–Crippen MR) is 35.3 cm³/mol. The molecular formula is C7H9F5. The molecule has 0 aromatic rings. The Morgan fingerprint density at radius 3 is 2.08 bits per heavy atom. The molecule has 72 valence electrons. The molecule has 0 saturated carbocycles. The molecule has 0 aromatic heterocycles. The Hall–Kier alpha value is -0.610. The fourth-order valence-electron chi connectivity index (χ4n) is 0.628. The molecule has 0 aromatic carbocycles. The van der Waals surface area contributed by atoms with Gasteiger partial charge >= 0.3 is 6.18 Å². The zero-order valence-electron chi connectivity index (χ0n) is 6.24. The fraction of sp³-hybridized carbons (Fsp3) is 0.714. The molecule has 0 bridgehead atoms. The average Bonchev–Trinajstić information content (AvgIpc) is 1.97.